The summed E-state index contributed by atoms with van der Waals surface area (Å²) in [6.07, 6.45) is 0.986. The molecule has 0 unspecified atom stereocenters. The lowest BCUT2D eigenvalue weighted by Crippen LogP contribution is -2.38. The summed E-state index contributed by atoms with van der Waals surface area (Å²) < 4.78 is 0. The summed E-state index contributed by atoms with van der Waals surface area (Å²) in [5.74, 6) is 0. The van der Waals surface area contributed by atoms with Gasteiger partial charge in [-0.05, 0) is 51.8 Å². The second-order valence-electron chi connectivity index (χ2n) is 5.58. The topological polar surface area (TPSA) is 44.4 Å². The highest BCUT2D eigenvalue weighted by atomic mass is 16.2. The molecule has 0 atom stereocenters. The molecule has 4 heteroatoms. The summed E-state index contributed by atoms with van der Waals surface area (Å²) in [6.45, 7) is 9.93. The summed E-state index contributed by atoms with van der Waals surface area (Å²) >= 11 is 0. The Morgan fingerprint density at radius 3 is 2.40 bits per heavy atom. The Balaban J connectivity index is 2.64. The third kappa shape index (κ3) is 5.21. The number of hydrogen-bond donors (Lipinski definition) is 2. The first-order chi connectivity index (χ1) is 9.43. The van der Waals surface area contributed by atoms with Gasteiger partial charge in [-0.3, -0.25) is 4.90 Å². The minimum absolute atomic E-state index is 0.187. The molecule has 0 spiro atoms. The molecule has 4 nitrogen and oxygen atoms in total. The number of urea groups is 1. The molecule has 112 valence electrons. The first-order valence-electron chi connectivity index (χ1n) is 7.27. The Morgan fingerprint density at radius 1 is 1.20 bits per heavy atom. The highest BCUT2D eigenvalue weighted by molar-refractivity contribution is 5.89. The van der Waals surface area contributed by atoms with E-state index in [1.165, 1.54) is 5.56 Å². The summed E-state index contributed by atoms with van der Waals surface area (Å²) in [5.41, 5.74) is 2.08. The number of carbonyl (C=O) groups is 1. The molecular formula is C16H27N3O. The zero-order valence-electron chi connectivity index (χ0n) is 13.2. The number of benzene rings is 1. The smallest absolute Gasteiger partial charge is 0.318 e. The number of nitrogens with one attached hydrogen (secondary N) is 2. The number of rotatable bonds is 6. The van der Waals surface area contributed by atoms with E-state index in [2.05, 4.69) is 49.3 Å². The highest BCUT2D eigenvalue weighted by Gasteiger charge is 2.12. The van der Waals surface area contributed by atoms with Crippen LogP contribution in [-0.2, 0) is 6.42 Å². The van der Waals surface area contributed by atoms with Gasteiger partial charge in [0.1, 0.15) is 0 Å². The highest BCUT2D eigenvalue weighted by Crippen LogP contribution is 2.13. The van der Waals surface area contributed by atoms with Crippen LogP contribution in [0.15, 0.2) is 24.3 Å². The molecule has 0 aliphatic heterocycles. The maximum Gasteiger partial charge on any atom is 0.318 e. The van der Waals surface area contributed by atoms with Crippen molar-refractivity contribution in [3.63, 3.8) is 0 Å². The molecule has 0 aliphatic carbocycles. The first kappa shape index (κ1) is 16.5. The Labute approximate surface area is 122 Å². The lowest BCUT2D eigenvalue weighted by molar-refractivity contribution is 0.177. The molecule has 0 heterocycles. The predicted octanol–water partition coefficient (Wildman–Crippen LogP) is 3.10. The molecule has 0 saturated heterocycles. The SMILES string of the molecule is CNC(=O)Nc1cccc(CCN(C(C)C)C(C)C)c1. The van der Waals surface area contributed by atoms with E-state index >= 15 is 0 Å². The van der Waals surface area contributed by atoms with Crippen molar-refractivity contribution in [2.24, 2.45) is 0 Å². The molecule has 2 N–H and O–H groups in total. The lowest BCUT2D eigenvalue weighted by Gasteiger charge is -2.30. The van der Waals surface area contributed by atoms with Gasteiger partial charge in [-0.25, -0.2) is 4.79 Å². The monoisotopic (exact) mass is 277 g/mol. The van der Waals surface area contributed by atoms with Crippen LogP contribution in [-0.4, -0.2) is 36.6 Å². The fourth-order valence-corrected chi connectivity index (χ4v) is 2.37. The third-order valence-electron chi connectivity index (χ3n) is 3.40. The van der Waals surface area contributed by atoms with Gasteiger partial charge in [-0.2, -0.15) is 0 Å². The minimum Gasteiger partial charge on any atom is -0.341 e. The Morgan fingerprint density at radius 2 is 1.85 bits per heavy atom. The largest absolute Gasteiger partial charge is 0.341 e. The van der Waals surface area contributed by atoms with Crippen LogP contribution in [0, 0.1) is 0 Å². The molecule has 1 aromatic carbocycles. The molecule has 1 rings (SSSR count). The van der Waals surface area contributed by atoms with Crippen molar-refractivity contribution in [3.05, 3.63) is 29.8 Å². The van der Waals surface area contributed by atoms with Crippen LogP contribution in [0.1, 0.15) is 33.3 Å². The number of anilines is 1. The Hall–Kier alpha value is -1.55. The van der Waals surface area contributed by atoms with E-state index in [1.807, 2.05) is 18.2 Å². The van der Waals surface area contributed by atoms with E-state index in [-0.39, 0.29) is 6.03 Å². The standard InChI is InChI=1S/C16H27N3O/c1-12(2)19(13(3)4)10-9-14-7-6-8-15(11-14)18-16(20)17-5/h6-8,11-13H,9-10H2,1-5H3,(H2,17,18,20). The van der Waals surface area contributed by atoms with Crippen LogP contribution in [0.5, 0.6) is 0 Å². The molecule has 0 saturated carbocycles. The van der Waals surface area contributed by atoms with Crippen molar-refractivity contribution in [2.45, 2.75) is 46.2 Å². The minimum atomic E-state index is -0.187. The predicted molar refractivity (Wildman–Crippen MR) is 85.2 cm³/mol. The zero-order valence-corrected chi connectivity index (χ0v) is 13.2. The molecule has 0 aliphatic rings. The number of carbonyl (C=O) groups excluding carboxylic acids is 1. The lowest BCUT2D eigenvalue weighted by atomic mass is 10.1. The van der Waals surface area contributed by atoms with E-state index in [1.54, 1.807) is 7.05 Å². The van der Waals surface area contributed by atoms with Crippen LogP contribution < -0.4 is 10.6 Å². The average molecular weight is 277 g/mol. The maximum absolute atomic E-state index is 11.3. The summed E-state index contributed by atoms with van der Waals surface area (Å²) in [4.78, 5) is 13.8. The van der Waals surface area contributed by atoms with Crippen LogP contribution in [0.2, 0.25) is 0 Å². The van der Waals surface area contributed by atoms with E-state index in [9.17, 15) is 4.79 Å². The molecule has 0 aromatic heterocycles. The van der Waals surface area contributed by atoms with Gasteiger partial charge in [-0.1, -0.05) is 12.1 Å². The summed E-state index contributed by atoms with van der Waals surface area (Å²) in [5, 5.41) is 5.36. The average Bonchev–Trinajstić information content (AvgIpc) is 2.38. The first-order valence-corrected chi connectivity index (χ1v) is 7.27. The Kier molecular flexibility index (Phi) is 6.52. The van der Waals surface area contributed by atoms with E-state index in [0.29, 0.717) is 12.1 Å². The van der Waals surface area contributed by atoms with Gasteiger partial charge in [0.25, 0.3) is 0 Å². The molecule has 0 radical (unpaired) electrons. The number of amides is 2. The maximum atomic E-state index is 11.3. The van der Waals surface area contributed by atoms with Crippen molar-refractivity contribution in [1.29, 1.82) is 0 Å². The molecule has 0 bridgehead atoms. The zero-order chi connectivity index (χ0) is 15.1. The van der Waals surface area contributed by atoms with Crippen molar-refractivity contribution in [1.82, 2.24) is 10.2 Å². The van der Waals surface area contributed by atoms with Gasteiger partial charge < -0.3 is 10.6 Å². The Bertz CT molecular complexity index is 421. The van der Waals surface area contributed by atoms with Crippen LogP contribution in [0.3, 0.4) is 0 Å². The van der Waals surface area contributed by atoms with E-state index in [0.717, 1.165) is 18.7 Å². The van der Waals surface area contributed by atoms with Gasteiger partial charge in [0.15, 0.2) is 0 Å². The van der Waals surface area contributed by atoms with E-state index < -0.39 is 0 Å². The second-order valence-corrected chi connectivity index (χ2v) is 5.58. The number of nitrogens with zero attached hydrogens (tertiary/aromatic N) is 1. The van der Waals surface area contributed by atoms with Gasteiger partial charge in [-0.15, -0.1) is 0 Å². The van der Waals surface area contributed by atoms with E-state index in [4.69, 9.17) is 0 Å². The van der Waals surface area contributed by atoms with Gasteiger partial charge >= 0.3 is 6.03 Å². The summed E-state index contributed by atoms with van der Waals surface area (Å²) in [6, 6.07) is 8.93. The van der Waals surface area contributed by atoms with Gasteiger partial charge in [0.2, 0.25) is 0 Å². The summed E-state index contributed by atoms with van der Waals surface area (Å²) in [7, 11) is 1.61. The quantitative estimate of drug-likeness (QED) is 0.839. The molecule has 1 aromatic rings. The van der Waals surface area contributed by atoms with Gasteiger partial charge in [0.05, 0.1) is 0 Å². The fraction of sp³-hybridized carbons (Fsp3) is 0.562. The molecular weight excluding hydrogens is 250 g/mol. The number of hydrogen-bond acceptors (Lipinski definition) is 2. The molecule has 2 amide bonds. The van der Waals surface area contributed by atoms with Crippen molar-refractivity contribution < 1.29 is 4.79 Å². The third-order valence-corrected chi connectivity index (χ3v) is 3.40. The van der Waals surface area contributed by atoms with Crippen LogP contribution in [0.4, 0.5) is 10.5 Å². The van der Waals surface area contributed by atoms with Gasteiger partial charge in [0, 0.05) is 31.4 Å². The van der Waals surface area contributed by atoms with Crippen LogP contribution >= 0.6 is 0 Å². The molecule has 20 heavy (non-hydrogen) atoms. The molecule has 0 fully saturated rings. The van der Waals surface area contributed by atoms with Crippen molar-refractivity contribution >= 4 is 11.7 Å². The van der Waals surface area contributed by atoms with Crippen molar-refractivity contribution in [3.8, 4) is 0 Å². The second kappa shape index (κ2) is 7.90. The fourth-order valence-electron chi connectivity index (χ4n) is 2.37. The van der Waals surface area contributed by atoms with Crippen molar-refractivity contribution in [2.75, 3.05) is 18.9 Å². The van der Waals surface area contributed by atoms with Crippen LogP contribution in [0.25, 0.3) is 0 Å². The normalized spacial score (nSPS) is 11.2.